The van der Waals surface area contributed by atoms with Crippen LogP contribution in [0.15, 0.2) is 18.2 Å². The molecule has 0 heterocycles. The second-order valence-corrected chi connectivity index (χ2v) is 5.56. The summed E-state index contributed by atoms with van der Waals surface area (Å²) in [6.07, 6.45) is 0.933. The topological polar surface area (TPSA) is 66.4 Å². The molecule has 1 aromatic carbocycles. The van der Waals surface area contributed by atoms with Gasteiger partial charge >= 0.3 is 5.97 Å². The summed E-state index contributed by atoms with van der Waals surface area (Å²) in [6, 6.07) is 5.31. The Morgan fingerprint density at radius 2 is 1.90 bits per heavy atom. The summed E-state index contributed by atoms with van der Waals surface area (Å²) in [5, 5.41) is 11.6. The first-order chi connectivity index (χ1) is 9.31. The molecule has 0 aliphatic heterocycles. The molecule has 0 radical (unpaired) electrons. The molecule has 0 saturated heterocycles. The molecule has 0 spiro atoms. The molecule has 1 aromatic rings. The molecule has 0 aliphatic carbocycles. The Morgan fingerprint density at radius 1 is 1.25 bits per heavy atom. The monoisotopic (exact) mass is 277 g/mol. The van der Waals surface area contributed by atoms with Gasteiger partial charge in [-0.3, -0.25) is 4.79 Å². The Balaban J connectivity index is 2.57. The maximum absolute atomic E-state index is 11.8. The van der Waals surface area contributed by atoms with E-state index in [-0.39, 0.29) is 11.8 Å². The molecule has 4 nitrogen and oxygen atoms in total. The third kappa shape index (κ3) is 4.68. The minimum Gasteiger partial charge on any atom is -0.480 e. The van der Waals surface area contributed by atoms with Crippen molar-refractivity contribution in [2.45, 2.75) is 46.6 Å². The van der Waals surface area contributed by atoms with Crippen molar-refractivity contribution < 1.29 is 14.7 Å². The van der Waals surface area contributed by atoms with Gasteiger partial charge in [0.05, 0.1) is 0 Å². The van der Waals surface area contributed by atoms with Crippen LogP contribution in [0.2, 0.25) is 0 Å². The SMILES string of the molecule is Cc1ccc(CCC(=O)NC(C(=O)O)C(C)C)c(C)c1. The highest BCUT2D eigenvalue weighted by Crippen LogP contribution is 2.12. The van der Waals surface area contributed by atoms with Gasteiger partial charge < -0.3 is 10.4 Å². The van der Waals surface area contributed by atoms with Crippen LogP contribution < -0.4 is 5.32 Å². The van der Waals surface area contributed by atoms with Crippen LogP contribution in [0.3, 0.4) is 0 Å². The van der Waals surface area contributed by atoms with E-state index < -0.39 is 12.0 Å². The van der Waals surface area contributed by atoms with Crippen LogP contribution in [0.25, 0.3) is 0 Å². The summed E-state index contributed by atoms with van der Waals surface area (Å²) < 4.78 is 0. The lowest BCUT2D eigenvalue weighted by Crippen LogP contribution is -2.44. The Kier molecular flexibility index (Phi) is 5.74. The maximum atomic E-state index is 11.8. The zero-order valence-electron chi connectivity index (χ0n) is 12.6. The quantitative estimate of drug-likeness (QED) is 0.839. The molecular formula is C16H23NO3. The molecule has 1 amide bonds. The van der Waals surface area contributed by atoms with Crippen LogP contribution in [0, 0.1) is 19.8 Å². The summed E-state index contributed by atoms with van der Waals surface area (Å²) in [4.78, 5) is 22.9. The van der Waals surface area contributed by atoms with Crippen LogP contribution >= 0.6 is 0 Å². The van der Waals surface area contributed by atoms with Gasteiger partial charge in [0.25, 0.3) is 0 Å². The van der Waals surface area contributed by atoms with Crippen molar-refractivity contribution in [1.29, 1.82) is 0 Å². The van der Waals surface area contributed by atoms with Gasteiger partial charge in [-0.1, -0.05) is 37.6 Å². The molecular weight excluding hydrogens is 254 g/mol. The fourth-order valence-electron chi connectivity index (χ4n) is 2.13. The van der Waals surface area contributed by atoms with Gasteiger partial charge in [-0.05, 0) is 37.3 Å². The van der Waals surface area contributed by atoms with Gasteiger partial charge in [-0.15, -0.1) is 0 Å². The van der Waals surface area contributed by atoms with Crippen molar-refractivity contribution in [3.63, 3.8) is 0 Å². The van der Waals surface area contributed by atoms with Crippen molar-refractivity contribution in [2.75, 3.05) is 0 Å². The molecule has 0 aromatic heterocycles. The van der Waals surface area contributed by atoms with E-state index in [0.29, 0.717) is 12.8 Å². The number of amides is 1. The maximum Gasteiger partial charge on any atom is 0.326 e. The van der Waals surface area contributed by atoms with E-state index in [4.69, 9.17) is 5.11 Å². The molecule has 0 saturated carbocycles. The lowest BCUT2D eigenvalue weighted by molar-refractivity contribution is -0.143. The highest BCUT2D eigenvalue weighted by Gasteiger charge is 2.23. The van der Waals surface area contributed by atoms with Crippen LogP contribution in [-0.2, 0) is 16.0 Å². The van der Waals surface area contributed by atoms with Gasteiger partial charge in [-0.25, -0.2) is 4.79 Å². The Bertz CT molecular complexity index is 494. The highest BCUT2D eigenvalue weighted by atomic mass is 16.4. The van der Waals surface area contributed by atoms with E-state index in [1.807, 2.05) is 26.0 Å². The second kappa shape index (κ2) is 7.08. The Labute approximate surface area is 120 Å². The summed E-state index contributed by atoms with van der Waals surface area (Å²) in [5.41, 5.74) is 3.49. The van der Waals surface area contributed by atoms with Crippen LogP contribution in [0.4, 0.5) is 0 Å². The first-order valence-electron chi connectivity index (χ1n) is 6.89. The molecule has 1 rings (SSSR count). The number of benzene rings is 1. The third-order valence-corrected chi connectivity index (χ3v) is 3.37. The fraction of sp³-hybridized carbons (Fsp3) is 0.500. The predicted molar refractivity (Wildman–Crippen MR) is 78.6 cm³/mol. The minimum atomic E-state index is -0.986. The van der Waals surface area contributed by atoms with Crippen LogP contribution in [-0.4, -0.2) is 23.0 Å². The molecule has 20 heavy (non-hydrogen) atoms. The van der Waals surface area contributed by atoms with Gasteiger partial charge in [-0.2, -0.15) is 0 Å². The average Bonchev–Trinajstić information content (AvgIpc) is 2.34. The lowest BCUT2D eigenvalue weighted by Gasteiger charge is -2.18. The van der Waals surface area contributed by atoms with E-state index in [1.54, 1.807) is 13.8 Å². The molecule has 0 aliphatic rings. The smallest absolute Gasteiger partial charge is 0.326 e. The lowest BCUT2D eigenvalue weighted by atomic mass is 10.0. The fourth-order valence-corrected chi connectivity index (χ4v) is 2.13. The summed E-state index contributed by atoms with van der Waals surface area (Å²) >= 11 is 0. The van der Waals surface area contributed by atoms with Gasteiger partial charge in [0.1, 0.15) is 6.04 Å². The standard InChI is InChI=1S/C16H23NO3/c1-10(2)15(16(19)20)17-14(18)8-7-13-6-5-11(3)9-12(13)4/h5-6,9-10,15H,7-8H2,1-4H3,(H,17,18)(H,19,20). The number of carbonyl (C=O) groups excluding carboxylic acids is 1. The average molecular weight is 277 g/mol. The third-order valence-electron chi connectivity index (χ3n) is 3.37. The number of carboxylic acid groups (broad SMARTS) is 1. The molecule has 110 valence electrons. The van der Waals surface area contributed by atoms with Crippen molar-refractivity contribution in [1.82, 2.24) is 5.32 Å². The van der Waals surface area contributed by atoms with Crippen LogP contribution in [0.1, 0.15) is 37.0 Å². The summed E-state index contributed by atoms with van der Waals surface area (Å²) in [5.74, 6) is -1.33. The number of rotatable bonds is 6. The summed E-state index contributed by atoms with van der Waals surface area (Å²) in [7, 11) is 0. The number of hydrogen-bond donors (Lipinski definition) is 2. The zero-order valence-corrected chi connectivity index (χ0v) is 12.6. The molecule has 0 bridgehead atoms. The number of aliphatic carboxylic acids is 1. The van der Waals surface area contributed by atoms with Crippen molar-refractivity contribution in [3.05, 3.63) is 34.9 Å². The molecule has 1 unspecified atom stereocenters. The predicted octanol–water partition coefficient (Wildman–Crippen LogP) is 2.46. The normalized spacial score (nSPS) is 12.2. The number of aryl methyl sites for hydroxylation is 3. The minimum absolute atomic E-state index is 0.127. The van der Waals surface area contributed by atoms with Crippen molar-refractivity contribution in [3.8, 4) is 0 Å². The highest BCUT2D eigenvalue weighted by molar-refractivity contribution is 5.83. The zero-order chi connectivity index (χ0) is 15.3. The molecule has 2 N–H and O–H groups in total. The second-order valence-electron chi connectivity index (χ2n) is 5.56. The largest absolute Gasteiger partial charge is 0.480 e. The first-order valence-corrected chi connectivity index (χ1v) is 6.89. The van der Waals surface area contributed by atoms with E-state index >= 15 is 0 Å². The first kappa shape index (κ1) is 16.2. The van der Waals surface area contributed by atoms with Gasteiger partial charge in [0.15, 0.2) is 0 Å². The van der Waals surface area contributed by atoms with Crippen molar-refractivity contribution in [2.24, 2.45) is 5.92 Å². The van der Waals surface area contributed by atoms with Crippen molar-refractivity contribution >= 4 is 11.9 Å². The molecule has 0 fully saturated rings. The van der Waals surface area contributed by atoms with Gasteiger partial charge in [0.2, 0.25) is 5.91 Å². The van der Waals surface area contributed by atoms with Crippen LogP contribution in [0.5, 0.6) is 0 Å². The summed E-state index contributed by atoms with van der Waals surface area (Å²) in [6.45, 7) is 7.62. The van der Waals surface area contributed by atoms with Gasteiger partial charge in [0, 0.05) is 6.42 Å². The van der Waals surface area contributed by atoms with E-state index in [0.717, 1.165) is 11.1 Å². The number of carboxylic acids is 1. The van der Waals surface area contributed by atoms with E-state index in [2.05, 4.69) is 11.4 Å². The molecule has 4 heteroatoms. The number of carbonyl (C=O) groups is 2. The number of nitrogens with one attached hydrogen (secondary N) is 1. The molecule has 1 atom stereocenters. The Morgan fingerprint density at radius 3 is 2.40 bits per heavy atom. The van der Waals surface area contributed by atoms with E-state index in [9.17, 15) is 9.59 Å². The Hall–Kier alpha value is -1.84. The number of hydrogen-bond acceptors (Lipinski definition) is 2. The van der Waals surface area contributed by atoms with E-state index in [1.165, 1.54) is 5.56 Å².